The van der Waals surface area contributed by atoms with Gasteiger partial charge in [-0.1, -0.05) is 28.4 Å². The second-order valence-electron chi connectivity index (χ2n) is 3.84. The van der Waals surface area contributed by atoms with Crippen LogP contribution in [-0.4, -0.2) is 21.0 Å². The maximum Gasteiger partial charge on any atom is 0.322 e. The highest BCUT2D eigenvalue weighted by Gasteiger charge is 2.09. The second kappa shape index (κ2) is 5.94. The molecule has 8 heteroatoms. The van der Waals surface area contributed by atoms with Gasteiger partial charge in [0.05, 0.1) is 10.0 Å². The molecule has 2 rings (SSSR count). The molecule has 0 unspecified atom stereocenters. The topological polar surface area (TPSA) is 93.6 Å². The van der Waals surface area contributed by atoms with Crippen molar-refractivity contribution in [3.63, 3.8) is 0 Å². The van der Waals surface area contributed by atoms with E-state index in [1.165, 1.54) is 0 Å². The van der Waals surface area contributed by atoms with E-state index in [1.807, 2.05) is 0 Å². The number of hydrogen-bond acceptors (Lipinski definition) is 5. The number of halogens is 2. The molecule has 0 saturated carbocycles. The lowest BCUT2D eigenvalue weighted by Gasteiger charge is -2.07. The van der Waals surface area contributed by atoms with E-state index in [0.717, 1.165) is 0 Å². The monoisotopic (exact) mass is 312 g/mol. The molecule has 0 fully saturated rings. The lowest BCUT2D eigenvalue weighted by atomic mass is 10.3. The molecular formula is C12H10Cl2N4O2. The van der Waals surface area contributed by atoms with Gasteiger partial charge in [-0.3, -0.25) is 0 Å². The van der Waals surface area contributed by atoms with Gasteiger partial charge in [-0.2, -0.15) is 4.98 Å². The molecule has 0 saturated heterocycles. The standard InChI is InChI=1S/C12H10Cl2N4O2/c1-6-4-10(11(15)18-19)17-12(16-6)20-7-2-3-8(13)9(14)5-7/h2-5,19H,1H3,(H2,15,18). The van der Waals surface area contributed by atoms with Gasteiger partial charge in [-0.25, -0.2) is 4.98 Å². The van der Waals surface area contributed by atoms with Crippen molar-refractivity contribution in [2.45, 2.75) is 6.92 Å². The SMILES string of the molecule is Cc1cc(/C(N)=N/O)nc(Oc2ccc(Cl)c(Cl)c2)n1. The second-order valence-corrected chi connectivity index (χ2v) is 4.65. The molecule has 1 heterocycles. The molecule has 0 atom stereocenters. The molecule has 0 aliphatic carbocycles. The normalized spacial score (nSPS) is 11.4. The third-order valence-corrected chi connectivity index (χ3v) is 3.04. The van der Waals surface area contributed by atoms with Crippen molar-refractivity contribution in [1.29, 1.82) is 0 Å². The Morgan fingerprint density at radius 3 is 2.65 bits per heavy atom. The van der Waals surface area contributed by atoms with Crippen molar-refractivity contribution in [2.75, 3.05) is 0 Å². The summed E-state index contributed by atoms with van der Waals surface area (Å²) in [6.07, 6.45) is 0. The predicted octanol–water partition coefficient (Wildman–Crippen LogP) is 2.98. The molecule has 3 N–H and O–H groups in total. The smallest absolute Gasteiger partial charge is 0.322 e. The highest BCUT2D eigenvalue weighted by molar-refractivity contribution is 6.42. The van der Waals surface area contributed by atoms with Crippen LogP contribution in [0.4, 0.5) is 0 Å². The minimum Gasteiger partial charge on any atom is -0.424 e. The van der Waals surface area contributed by atoms with Crippen molar-refractivity contribution < 1.29 is 9.94 Å². The molecule has 6 nitrogen and oxygen atoms in total. The summed E-state index contributed by atoms with van der Waals surface area (Å²) >= 11 is 11.7. The fourth-order valence-electron chi connectivity index (χ4n) is 1.42. The minimum atomic E-state index is -0.130. The van der Waals surface area contributed by atoms with Gasteiger partial charge in [0, 0.05) is 11.8 Å². The highest BCUT2D eigenvalue weighted by atomic mass is 35.5. The number of nitrogens with zero attached hydrogens (tertiary/aromatic N) is 3. The number of ether oxygens (including phenoxy) is 1. The molecule has 0 aliphatic heterocycles. The number of aryl methyl sites for hydroxylation is 1. The number of hydrogen-bond donors (Lipinski definition) is 2. The van der Waals surface area contributed by atoms with Crippen LogP contribution in [0.5, 0.6) is 11.8 Å². The van der Waals surface area contributed by atoms with Crippen molar-refractivity contribution in [2.24, 2.45) is 10.9 Å². The van der Waals surface area contributed by atoms with Gasteiger partial charge in [0.25, 0.3) is 0 Å². The summed E-state index contributed by atoms with van der Waals surface area (Å²) in [5, 5.41) is 12.3. The van der Waals surface area contributed by atoms with E-state index in [0.29, 0.717) is 21.5 Å². The van der Waals surface area contributed by atoms with E-state index in [1.54, 1.807) is 31.2 Å². The van der Waals surface area contributed by atoms with E-state index in [9.17, 15) is 0 Å². The number of benzene rings is 1. The van der Waals surface area contributed by atoms with Crippen LogP contribution in [0.3, 0.4) is 0 Å². The highest BCUT2D eigenvalue weighted by Crippen LogP contribution is 2.28. The van der Waals surface area contributed by atoms with Crippen LogP contribution in [0, 0.1) is 6.92 Å². The molecule has 0 aliphatic rings. The van der Waals surface area contributed by atoms with E-state index in [2.05, 4.69) is 15.1 Å². The summed E-state index contributed by atoms with van der Waals surface area (Å²) in [6.45, 7) is 1.73. The van der Waals surface area contributed by atoms with Crippen molar-refractivity contribution in [3.8, 4) is 11.8 Å². The first-order valence-corrected chi connectivity index (χ1v) is 6.21. The summed E-state index contributed by atoms with van der Waals surface area (Å²) in [5.41, 5.74) is 6.35. The zero-order chi connectivity index (χ0) is 14.7. The number of rotatable bonds is 3. The van der Waals surface area contributed by atoms with E-state index in [4.69, 9.17) is 38.9 Å². The van der Waals surface area contributed by atoms with Crippen molar-refractivity contribution in [1.82, 2.24) is 9.97 Å². The predicted molar refractivity (Wildman–Crippen MR) is 75.8 cm³/mol. The first-order valence-electron chi connectivity index (χ1n) is 5.46. The van der Waals surface area contributed by atoms with Gasteiger partial charge in [-0.05, 0) is 25.1 Å². The van der Waals surface area contributed by atoms with Crippen LogP contribution in [0.25, 0.3) is 0 Å². The minimum absolute atomic E-state index is 0.0602. The Bertz CT molecular complexity index is 677. The molecule has 0 radical (unpaired) electrons. The zero-order valence-corrected chi connectivity index (χ0v) is 11.9. The van der Waals surface area contributed by atoms with Crippen LogP contribution < -0.4 is 10.5 Å². The Kier molecular flexibility index (Phi) is 4.26. The van der Waals surface area contributed by atoms with Crippen LogP contribution in [0.15, 0.2) is 29.4 Å². The van der Waals surface area contributed by atoms with E-state index >= 15 is 0 Å². The summed E-state index contributed by atoms with van der Waals surface area (Å²) in [5.74, 6) is 0.296. The zero-order valence-electron chi connectivity index (χ0n) is 10.3. The van der Waals surface area contributed by atoms with Crippen LogP contribution in [0.2, 0.25) is 10.0 Å². The summed E-state index contributed by atoms with van der Waals surface area (Å²) < 4.78 is 5.47. The Morgan fingerprint density at radius 1 is 1.25 bits per heavy atom. The van der Waals surface area contributed by atoms with Gasteiger partial charge in [-0.15, -0.1) is 0 Å². The number of oxime groups is 1. The van der Waals surface area contributed by atoms with Crippen molar-refractivity contribution >= 4 is 29.0 Å². The molecule has 2 aromatic rings. The molecule has 0 amide bonds. The molecule has 104 valence electrons. The number of nitrogens with two attached hydrogens (primary N) is 1. The van der Waals surface area contributed by atoms with E-state index < -0.39 is 0 Å². The lowest BCUT2D eigenvalue weighted by Crippen LogP contribution is -2.16. The van der Waals surface area contributed by atoms with E-state index in [-0.39, 0.29) is 17.5 Å². The van der Waals surface area contributed by atoms with Crippen molar-refractivity contribution in [3.05, 3.63) is 45.7 Å². The fraction of sp³-hybridized carbons (Fsp3) is 0.0833. The Balaban J connectivity index is 2.33. The van der Waals surface area contributed by atoms with Gasteiger partial charge in [0.2, 0.25) is 0 Å². The van der Waals surface area contributed by atoms with Gasteiger partial charge >= 0.3 is 6.01 Å². The molecule has 0 bridgehead atoms. The quantitative estimate of drug-likeness (QED) is 0.393. The van der Waals surface area contributed by atoms with Crippen LogP contribution >= 0.6 is 23.2 Å². The molecule has 0 spiro atoms. The molecule has 1 aromatic carbocycles. The first kappa shape index (κ1) is 14.4. The number of aromatic nitrogens is 2. The molecule has 20 heavy (non-hydrogen) atoms. The average Bonchev–Trinajstić information content (AvgIpc) is 2.41. The van der Waals surface area contributed by atoms with Gasteiger partial charge in [0.1, 0.15) is 11.4 Å². The van der Waals surface area contributed by atoms with Crippen LogP contribution in [0.1, 0.15) is 11.4 Å². The Hall–Kier alpha value is -2.05. The van der Waals surface area contributed by atoms with Gasteiger partial charge < -0.3 is 15.7 Å². The summed E-state index contributed by atoms with van der Waals surface area (Å²) in [4.78, 5) is 8.12. The summed E-state index contributed by atoms with van der Waals surface area (Å²) in [6, 6.07) is 6.39. The third kappa shape index (κ3) is 3.28. The largest absolute Gasteiger partial charge is 0.424 e. The average molecular weight is 313 g/mol. The molecular weight excluding hydrogens is 303 g/mol. The fourth-order valence-corrected chi connectivity index (χ4v) is 1.70. The maximum absolute atomic E-state index is 8.66. The number of amidine groups is 1. The first-order chi connectivity index (χ1) is 9.49. The lowest BCUT2D eigenvalue weighted by molar-refractivity contribution is 0.318. The van der Waals surface area contributed by atoms with Crippen LogP contribution in [-0.2, 0) is 0 Å². The molecule has 1 aromatic heterocycles. The third-order valence-electron chi connectivity index (χ3n) is 2.30. The Morgan fingerprint density at radius 2 is 2.00 bits per heavy atom. The summed E-state index contributed by atoms with van der Waals surface area (Å²) in [7, 11) is 0. The maximum atomic E-state index is 8.66. The van der Waals surface area contributed by atoms with Gasteiger partial charge in [0.15, 0.2) is 5.84 Å². The Labute approximate surface area is 124 Å².